The Morgan fingerprint density at radius 3 is 3.05 bits per heavy atom. The quantitative estimate of drug-likeness (QED) is 0.721. The molecule has 0 spiro atoms. The molecule has 110 valence electrons. The average Bonchev–Trinajstić information content (AvgIpc) is 2.91. The van der Waals surface area contributed by atoms with Gasteiger partial charge < -0.3 is 10.4 Å². The van der Waals surface area contributed by atoms with Crippen molar-refractivity contribution in [2.75, 3.05) is 5.32 Å². The molecule has 22 heavy (non-hydrogen) atoms. The Morgan fingerprint density at radius 1 is 1.36 bits per heavy atom. The van der Waals surface area contributed by atoms with Crippen molar-refractivity contribution in [3.8, 4) is 5.75 Å². The standard InChI is InChI=1S/C13H10N6O2S/c1-7(20)16-9-5-11(15-6-10(9)21)17-18-13-8-3-2-4-14-12(8)19-22-13/h2-6,21H,1H3,(H,15,16,20). The number of anilines is 1. The minimum atomic E-state index is -0.302. The summed E-state index contributed by atoms with van der Waals surface area (Å²) in [6, 6.07) is 5.08. The first kappa shape index (κ1) is 14.0. The van der Waals surface area contributed by atoms with Crippen molar-refractivity contribution in [3.63, 3.8) is 0 Å². The molecule has 3 aromatic heterocycles. The van der Waals surface area contributed by atoms with E-state index in [-0.39, 0.29) is 23.2 Å². The van der Waals surface area contributed by atoms with E-state index in [2.05, 4.69) is 29.9 Å². The molecule has 0 radical (unpaired) electrons. The summed E-state index contributed by atoms with van der Waals surface area (Å²) in [5.74, 6) is -0.183. The number of amides is 1. The van der Waals surface area contributed by atoms with Gasteiger partial charge in [-0.25, -0.2) is 9.97 Å². The summed E-state index contributed by atoms with van der Waals surface area (Å²) in [5, 5.41) is 21.6. The van der Waals surface area contributed by atoms with Gasteiger partial charge in [-0.05, 0) is 23.7 Å². The van der Waals surface area contributed by atoms with Crippen molar-refractivity contribution in [1.82, 2.24) is 14.3 Å². The molecule has 0 atom stereocenters. The van der Waals surface area contributed by atoms with Crippen LogP contribution in [0.25, 0.3) is 11.0 Å². The van der Waals surface area contributed by atoms with E-state index >= 15 is 0 Å². The fourth-order valence-electron chi connectivity index (χ4n) is 1.72. The maximum Gasteiger partial charge on any atom is 0.221 e. The molecular weight excluding hydrogens is 304 g/mol. The van der Waals surface area contributed by atoms with Gasteiger partial charge in [0.2, 0.25) is 5.91 Å². The Hall–Kier alpha value is -2.94. The zero-order chi connectivity index (χ0) is 15.5. The maximum absolute atomic E-state index is 11.1. The monoisotopic (exact) mass is 314 g/mol. The highest BCUT2D eigenvalue weighted by atomic mass is 32.1. The van der Waals surface area contributed by atoms with E-state index in [1.54, 1.807) is 12.3 Å². The van der Waals surface area contributed by atoms with Gasteiger partial charge in [-0.15, -0.1) is 10.2 Å². The third-order valence-electron chi connectivity index (χ3n) is 2.66. The third-order valence-corrected chi connectivity index (χ3v) is 3.40. The molecule has 0 saturated carbocycles. The highest BCUT2D eigenvalue weighted by molar-refractivity contribution is 7.11. The normalized spacial score (nSPS) is 11.1. The Morgan fingerprint density at radius 2 is 2.23 bits per heavy atom. The zero-order valence-corrected chi connectivity index (χ0v) is 12.2. The lowest BCUT2D eigenvalue weighted by Crippen LogP contribution is -2.05. The average molecular weight is 314 g/mol. The maximum atomic E-state index is 11.1. The summed E-state index contributed by atoms with van der Waals surface area (Å²) in [4.78, 5) is 19.1. The van der Waals surface area contributed by atoms with Crippen molar-refractivity contribution in [2.45, 2.75) is 6.92 Å². The van der Waals surface area contributed by atoms with Crippen LogP contribution in [0, 0.1) is 0 Å². The molecule has 0 aliphatic carbocycles. The van der Waals surface area contributed by atoms with Crippen LogP contribution in [-0.4, -0.2) is 25.4 Å². The van der Waals surface area contributed by atoms with E-state index in [1.165, 1.54) is 30.7 Å². The predicted octanol–water partition coefficient (Wildman–Crippen LogP) is 3.17. The summed E-state index contributed by atoms with van der Waals surface area (Å²) < 4.78 is 4.16. The van der Waals surface area contributed by atoms with Crippen LogP contribution in [0.1, 0.15) is 6.92 Å². The predicted molar refractivity (Wildman–Crippen MR) is 81.8 cm³/mol. The van der Waals surface area contributed by atoms with Crippen molar-refractivity contribution in [1.29, 1.82) is 0 Å². The van der Waals surface area contributed by atoms with Gasteiger partial charge in [0.1, 0.15) is 0 Å². The van der Waals surface area contributed by atoms with Gasteiger partial charge in [-0.1, -0.05) is 0 Å². The molecular formula is C13H10N6O2S. The number of aromatic hydroxyl groups is 1. The van der Waals surface area contributed by atoms with E-state index in [9.17, 15) is 9.90 Å². The molecule has 0 saturated heterocycles. The van der Waals surface area contributed by atoms with Crippen LogP contribution in [0.4, 0.5) is 16.5 Å². The Labute approximate surface area is 128 Å². The fraction of sp³-hybridized carbons (Fsp3) is 0.0769. The van der Waals surface area contributed by atoms with Gasteiger partial charge in [0.25, 0.3) is 0 Å². The van der Waals surface area contributed by atoms with Crippen LogP contribution in [-0.2, 0) is 4.79 Å². The molecule has 0 fully saturated rings. The second kappa shape index (κ2) is 5.82. The molecule has 0 aromatic carbocycles. The number of fused-ring (bicyclic) bond motifs is 1. The van der Waals surface area contributed by atoms with E-state index in [0.717, 1.165) is 5.39 Å². The molecule has 8 nitrogen and oxygen atoms in total. The van der Waals surface area contributed by atoms with Crippen molar-refractivity contribution < 1.29 is 9.90 Å². The van der Waals surface area contributed by atoms with Gasteiger partial charge in [0.15, 0.2) is 22.2 Å². The molecule has 3 heterocycles. The molecule has 1 amide bonds. The first-order chi connectivity index (χ1) is 10.6. The molecule has 9 heteroatoms. The Balaban J connectivity index is 1.90. The van der Waals surface area contributed by atoms with E-state index in [0.29, 0.717) is 10.6 Å². The number of pyridine rings is 2. The smallest absolute Gasteiger partial charge is 0.221 e. The molecule has 3 aromatic rings. The highest BCUT2D eigenvalue weighted by Gasteiger charge is 2.07. The van der Waals surface area contributed by atoms with Crippen LogP contribution < -0.4 is 5.32 Å². The zero-order valence-electron chi connectivity index (χ0n) is 11.4. The van der Waals surface area contributed by atoms with Gasteiger partial charge in [-0.3, -0.25) is 4.79 Å². The molecule has 0 aliphatic heterocycles. The number of rotatable bonds is 3. The first-order valence-electron chi connectivity index (χ1n) is 6.22. The van der Waals surface area contributed by atoms with Crippen molar-refractivity contribution in [2.24, 2.45) is 10.2 Å². The number of azo groups is 1. The SMILES string of the molecule is CC(=O)Nc1cc(N=Nc2snc3ncccc23)ncc1O. The van der Waals surface area contributed by atoms with E-state index in [1.807, 2.05) is 6.07 Å². The fourth-order valence-corrected chi connectivity index (χ4v) is 2.38. The summed E-state index contributed by atoms with van der Waals surface area (Å²) in [5.41, 5.74) is 0.839. The van der Waals surface area contributed by atoms with Gasteiger partial charge in [-0.2, -0.15) is 4.37 Å². The summed E-state index contributed by atoms with van der Waals surface area (Å²) in [6.07, 6.45) is 2.86. The highest BCUT2D eigenvalue weighted by Crippen LogP contribution is 2.31. The van der Waals surface area contributed by atoms with Gasteiger partial charge in [0.05, 0.1) is 17.3 Å². The van der Waals surface area contributed by atoms with Gasteiger partial charge in [0, 0.05) is 19.2 Å². The minimum Gasteiger partial charge on any atom is -0.504 e. The second-order valence-corrected chi connectivity index (χ2v) is 5.05. The second-order valence-electron chi connectivity index (χ2n) is 4.30. The van der Waals surface area contributed by atoms with Crippen LogP contribution in [0.2, 0.25) is 0 Å². The summed E-state index contributed by atoms with van der Waals surface area (Å²) in [6.45, 7) is 1.34. The minimum absolute atomic E-state index is 0.137. The van der Waals surface area contributed by atoms with Crippen LogP contribution >= 0.6 is 11.5 Å². The van der Waals surface area contributed by atoms with Crippen molar-refractivity contribution >= 4 is 45.0 Å². The summed E-state index contributed by atoms with van der Waals surface area (Å²) in [7, 11) is 0. The Kier molecular flexibility index (Phi) is 3.71. The van der Waals surface area contributed by atoms with E-state index in [4.69, 9.17) is 0 Å². The van der Waals surface area contributed by atoms with E-state index < -0.39 is 0 Å². The topological polar surface area (TPSA) is 113 Å². The van der Waals surface area contributed by atoms with Gasteiger partial charge >= 0.3 is 0 Å². The van der Waals surface area contributed by atoms with Crippen LogP contribution in [0.3, 0.4) is 0 Å². The van der Waals surface area contributed by atoms with Crippen molar-refractivity contribution in [3.05, 3.63) is 30.6 Å². The van der Waals surface area contributed by atoms with Crippen LogP contribution in [0.15, 0.2) is 40.8 Å². The summed E-state index contributed by atoms with van der Waals surface area (Å²) >= 11 is 1.18. The molecule has 0 bridgehead atoms. The molecule has 2 N–H and O–H groups in total. The number of nitrogens with zero attached hydrogens (tertiary/aromatic N) is 5. The molecule has 0 unspecified atom stereocenters. The molecule has 0 aliphatic rings. The lowest BCUT2D eigenvalue weighted by atomic mass is 10.3. The Bertz CT molecular complexity index is 876. The first-order valence-corrected chi connectivity index (χ1v) is 6.99. The molecule has 3 rings (SSSR count). The lowest BCUT2D eigenvalue weighted by Gasteiger charge is -2.04. The lowest BCUT2D eigenvalue weighted by molar-refractivity contribution is -0.114. The number of hydrogen-bond acceptors (Lipinski definition) is 8. The number of carbonyl (C=O) groups excluding carboxylic acids is 1. The number of hydrogen-bond donors (Lipinski definition) is 2. The van der Waals surface area contributed by atoms with Crippen LogP contribution in [0.5, 0.6) is 5.75 Å². The largest absolute Gasteiger partial charge is 0.504 e. The third kappa shape index (κ3) is 2.88. The number of nitrogens with one attached hydrogen (secondary N) is 1. The number of carbonyl (C=O) groups is 1. The number of aromatic nitrogens is 3.